The van der Waals surface area contributed by atoms with Crippen molar-refractivity contribution in [3.8, 4) is 0 Å². The van der Waals surface area contributed by atoms with Crippen molar-refractivity contribution in [3.63, 3.8) is 0 Å². The van der Waals surface area contributed by atoms with Crippen molar-refractivity contribution >= 4 is 44.7 Å². The van der Waals surface area contributed by atoms with Gasteiger partial charge in [-0.15, -0.1) is 11.3 Å². The zero-order valence-corrected chi connectivity index (χ0v) is 22.1. The lowest BCUT2D eigenvalue weighted by Gasteiger charge is -2.40. The molecule has 3 aromatic rings. The zero-order valence-electron chi connectivity index (χ0n) is 21.3. The highest BCUT2D eigenvalue weighted by Crippen LogP contribution is 2.44. The summed E-state index contributed by atoms with van der Waals surface area (Å²) in [6.45, 7) is 5.39. The summed E-state index contributed by atoms with van der Waals surface area (Å²) in [4.78, 5) is 29.7. The van der Waals surface area contributed by atoms with Gasteiger partial charge in [0.2, 0.25) is 0 Å². The molecule has 0 spiro atoms. The summed E-state index contributed by atoms with van der Waals surface area (Å²) < 4.78 is 1.08. The van der Waals surface area contributed by atoms with E-state index in [0.717, 1.165) is 65.5 Å². The van der Waals surface area contributed by atoms with Gasteiger partial charge in [-0.2, -0.15) is 0 Å². The molecule has 1 atom stereocenters. The molecule has 0 bridgehead atoms. The van der Waals surface area contributed by atoms with Gasteiger partial charge < -0.3 is 15.1 Å². The van der Waals surface area contributed by atoms with Crippen LogP contribution < -0.4 is 10.2 Å². The number of pyridine rings is 2. The monoisotopic (exact) mass is 492 g/mol. The molecule has 35 heavy (non-hydrogen) atoms. The van der Waals surface area contributed by atoms with Gasteiger partial charge in [0, 0.05) is 51.4 Å². The summed E-state index contributed by atoms with van der Waals surface area (Å²) >= 11 is 1.58. The van der Waals surface area contributed by atoms with Crippen LogP contribution in [0.2, 0.25) is 0 Å². The second-order valence-electron chi connectivity index (χ2n) is 10.1. The van der Waals surface area contributed by atoms with E-state index in [-0.39, 0.29) is 5.91 Å². The Morgan fingerprint density at radius 2 is 1.91 bits per heavy atom. The normalized spacial score (nSPS) is 19.4. The molecule has 1 saturated heterocycles. The number of likely N-dealkylation sites (N-methyl/N-ethyl adjacent to an activating group) is 1. The average Bonchev–Trinajstić information content (AvgIpc) is 3.52. The zero-order chi connectivity index (χ0) is 24.5. The Hall–Kier alpha value is -2.71. The lowest BCUT2D eigenvalue weighted by molar-refractivity contribution is 0.0831. The van der Waals surface area contributed by atoms with Gasteiger partial charge in [0.1, 0.15) is 11.6 Å². The standard InChI is InChI=1S/C27H36N6OS/c1-5-19-17-33(13-12-32(19)4)20-10-11-23(28-15-20)30-24-14-21-22(16-29-24)35-26(27(34)31(2)3)25(21)18-8-6-7-9-18/h10-11,14-16,18-19H,5-9,12-13,17H2,1-4H3,(H,28,29,30)/t19-/m0/s1. The molecule has 2 fully saturated rings. The van der Waals surface area contributed by atoms with Crippen LogP contribution in [0.5, 0.6) is 0 Å². The van der Waals surface area contributed by atoms with Gasteiger partial charge in [0.05, 0.1) is 21.5 Å². The van der Waals surface area contributed by atoms with Gasteiger partial charge in [-0.1, -0.05) is 19.8 Å². The Labute approximate surface area is 212 Å². The molecular formula is C27H36N6OS. The lowest BCUT2D eigenvalue weighted by Crippen LogP contribution is -2.51. The molecule has 3 aromatic heterocycles. The van der Waals surface area contributed by atoms with Gasteiger partial charge in [-0.05, 0) is 56.0 Å². The summed E-state index contributed by atoms with van der Waals surface area (Å²) in [5.74, 6) is 2.09. The summed E-state index contributed by atoms with van der Waals surface area (Å²) in [5.41, 5.74) is 2.38. The maximum atomic E-state index is 13.0. The minimum absolute atomic E-state index is 0.0917. The van der Waals surface area contributed by atoms with Crippen molar-refractivity contribution in [1.82, 2.24) is 19.8 Å². The first-order valence-electron chi connectivity index (χ1n) is 12.8. The van der Waals surface area contributed by atoms with E-state index in [1.165, 1.54) is 24.1 Å². The Morgan fingerprint density at radius 3 is 2.60 bits per heavy atom. The number of aromatic nitrogens is 2. The lowest BCUT2D eigenvalue weighted by atomic mass is 9.94. The number of thiophene rings is 1. The molecule has 1 amide bonds. The average molecular weight is 493 g/mol. The van der Waals surface area contributed by atoms with Crippen LogP contribution in [0.1, 0.15) is 60.2 Å². The highest BCUT2D eigenvalue weighted by Gasteiger charge is 2.28. The van der Waals surface area contributed by atoms with Crippen LogP contribution in [-0.2, 0) is 0 Å². The van der Waals surface area contributed by atoms with Gasteiger partial charge >= 0.3 is 0 Å². The maximum absolute atomic E-state index is 13.0. The Bertz CT molecular complexity index is 1180. The Morgan fingerprint density at radius 1 is 1.14 bits per heavy atom. The number of carbonyl (C=O) groups is 1. The fourth-order valence-electron chi connectivity index (χ4n) is 5.47. The predicted molar refractivity (Wildman–Crippen MR) is 145 cm³/mol. The molecule has 8 heteroatoms. The van der Waals surface area contributed by atoms with Gasteiger partial charge in [-0.3, -0.25) is 9.69 Å². The van der Waals surface area contributed by atoms with E-state index in [1.54, 1.807) is 16.2 Å². The van der Waals surface area contributed by atoms with Gasteiger partial charge in [0.25, 0.3) is 5.91 Å². The summed E-state index contributed by atoms with van der Waals surface area (Å²) in [5, 5.41) is 4.55. The summed E-state index contributed by atoms with van der Waals surface area (Å²) in [7, 11) is 5.87. The highest BCUT2D eigenvalue weighted by molar-refractivity contribution is 7.21. The minimum Gasteiger partial charge on any atom is -0.367 e. The number of amides is 1. The number of fused-ring (bicyclic) bond motifs is 1. The number of rotatable bonds is 6. The highest BCUT2D eigenvalue weighted by atomic mass is 32.1. The minimum atomic E-state index is 0.0917. The molecule has 1 aliphatic carbocycles. The molecule has 1 N–H and O–H groups in total. The second kappa shape index (κ2) is 10.1. The van der Waals surface area contributed by atoms with Crippen LogP contribution in [0, 0.1) is 0 Å². The number of carbonyl (C=O) groups excluding carboxylic acids is 1. The maximum Gasteiger partial charge on any atom is 0.263 e. The molecular weight excluding hydrogens is 456 g/mol. The van der Waals surface area contributed by atoms with E-state index in [9.17, 15) is 4.79 Å². The van der Waals surface area contributed by atoms with Crippen LogP contribution in [0.15, 0.2) is 30.6 Å². The Kier molecular flexibility index (Phi) is 6.93. The third kappa shape index (κ3) is 4.86. The number of hydrogen-bond acceptors (Lipinski definition) is 7. The molecule has 2 aliphatic rings. The van der Waals surface area contributed by atoms with Crippen LogP contribution in [0.25, 0.3) is 10.1 Å². The van der Waals surface area contributed by atoms with Crippen LogP contribution in [0.3, 0.4) is 0 Å². The van der Waals surface area contributed by atoms with Crippen molar-refractivity contribution in [1.29, 1.82) is 0 Å². The molecule has 1 saturated carbocycles. The third-order valence-corrected chi connectivity index (χ3v) is 8.74. The van der Waals surface area contributed by atoms with Gasteiger partial charge in [-0.25, -0.2) is 9.97 Å². The molecule has 186 valence electrons. The van der Waals surface area contributed by atoms with Crippen molar-refractivity contribution in [3.05, 3.63) is 41.0 Å². The number of piperazine rings is 1. The van der Waals surface area contributed by atoms with E-state index in [2.05, 4.69) is 46.2 Å². The molecule has 5 rings (SSSR count). The molecule has 0 unspecified atom stereocenters. The second-order valence-corrected chi connectivity index (χ2v) is 11.2. The van der Waals surface area contributed by atoms with Gasteiger partial charge in [0.15, 0.2) is 0 Å². The topological polar surface area (TPSA) is 64.6 Å². The number of hydrogen-bond donors (Lipinski definition) is 1. The molecule has 7 nitrogen and oxygen atoms in total. The number of nitrogens with zero attached hydrogens (tertiary/aromatic N) is 5. The fourth-order valence-corrected chi connectivity index (χ4v) is 6.73. The molecule has 4 heterocycles. The smallest absolute Gasteiger partial charge is 0.263 e. The van der Waals surface area contributed by atoms with E-state index in [4.69, 9.17) is 4.98 Å². The summed E-state index contributed by atoms with van der Waals surface area (Å²) in [6, 6.07) is 6.87. The number of nitrogens with one attached hydrogen (secondary N) is 1. The largest absolute Gasteiger partial charge is 0.367 e. The van der Waals surface area contributed by atoms with Crippen molar-refractivity contribution in [2.24, 2.45) is 0 Å². The fraction of sp³-hybridized carbons (Fsp3) is 0.519. The van der Waals surface area contributed by atoms with Crippen molar-refractivity contribution in [2.75, 3.05) is 51.0 Å². The predicted octanol–water partition coefficient (Wildman–Crippen LogP) is 5.32. The first-order valence-corrected chi connectivity index (χ1v) is 13.6. The molecule has 0 aromatic carbocycles. The van der Waals surface area contributed by atoms with Crippen LogP contribution in [0.4, 0.5) is 17.3 Å². The van der Waals surface area contributed by atoms with Crippen LogP contribution in [-0.4, -0.2) is 72.5 Å². The van der Waals surface area contributed by atoms with E-state index < -0.39 is 0 Å². The third-order valence-electron chi connectivity index (χ3n) is 7.60. The summed E-state index contributed by atoms with van der Waals surface area (Å²) in [6.07, 6.45) is 9.78. The first kappa shape index (κ1) is 24.0. The van der Waals surface area contributed by atoms with Crippen molar-refractivity contribution in [2.45, 2.75) is 51.0 Å². The number of anilines is 3. The molecule has 0 radical (unpaired) electrons. The van der Waals surface area contributed by atoms with E-state index in [1.807, 2.05) is 32.6 Å². The molecule has 1 aliphatic heterocycles. The van der Waals surface area contributed by atoms with E-state index >= 15 is 0 Å². The Balaban J connectivity index is 1.39. The van der Waals surface area contributed by atoms with E-state index in [0.29, 0.717) is 12.0 Å². The van der Waals surface area contributed by atoms with Crippen LogP contribution >= 0.6 is 11.3 Å². The quantitative estimate of drug-likeness (QED) is 0.502. The van der Waals surface area contributed by atoms with Crippen molar-refractivity contribution < 1.29 is 4.79 Å². The SMILES string of the molecule is CC[C@H]1CN(c2ccc(Nc3cc4c(C5CCCC5)c(C(=O)N(C)C)sc4cn3)nc2)CCN1C. The first-order chi connectivity index (χ1) is 16.9.